The molecule has 0 unspecified atom stereocenters. The van der Waals surface area contributed by atoms with Gasteiger partial charge in [0.25, 0.3) is 0 Å². The molecule has 1 aromatic heterocycles. The van der Waals surface area contributed by atoms with Crippen LogP contribution >= 0.6 is 11.5 Å². The van der Waals surface area contributed by atoms with E-state index in [-0.39, 0.29) is 0 Å². The lowest BCUT2D eigenvalue weighted by Crippen LogP contribution is -2.36. The summed E-state index contributed by atoms with van der Waals surface area (Å²) in [5.41, 5.74) is 1.29. The van der Waals surface area contributed by atoms with Gasteiger partial charge in [-0.15, -0.1) is 0 Å². The third-order valence-electron chi connectivity index (χ3n) is 2.72. The summed E-state index contributed by atoms with van der Waals surface area (Å²) >= 11 is 1.56. The van der Waals surface area contributed by atoms with Gasteiger partial charge in [-0.1, -0.05) is 0 Å². The van der Waals surface area contributed by atoms with Crippen LogP contribution in [-0.4, -0.2) is 30.7 Å². The Morgan fingerprint density at radius 1 is 1.27 bits per heavy atom. The average molecular weight is 220 g/mol. The van der Waals surface area contributed by atoms with Crippen molar-refractivity contribution in [1.29, 1.82) is 0 Å². The molecule has 1 saturated heterocycles. The number of anilines is 1. The first kappa shape index (κ1) is 9.12. The van der Waals surface area contributed by atoms with Gasteiger partial charge < -0.3 is 9.64 Å². The van der Waals surface area contributed by atoms with Crippen LogP contribution in [0.2, 0.25) is 0 Å². The SMILES string of the molecule is c1cc2cnsc2cc1N1CCOCC1. The van der Waals surface area contributed by atoms with Crippen molar-refractivity contribution in [3.63, 3.8) is 0 Å². The zero-order chi connectivity index (χ0) is 10.1. The van der Waals surface area contributed by atoms with Crippen LogP contribution in [0.5, 0.6) is 0 Å². The van der Waals surface area contributed by atoms with Crippen molar-refractivity contribution < 1.29 is 4.74 Å². The Morgan fingerprint density at radius 3 is 3.00 bits per heavy atom. The first-order valence-electron chi connectivity index (χ1n) is 5.11. The molecule has 0 saturated carbocycles. The lowest BCUT2D eigenvalue weighted by molar-refractivity contribution is 0.122. The third kappa shape index (κ3) is 1.70. The van der Waals surface area contributed by atoms with E-state index in [1.165, 1.54) is 15.8 Å². The topological polar surface area (TPSA) is 25.4 Å². The highest BCUT2D eigenvalue weighted by molar-refractivity contribution is 7.13. The summed E-state index contributed by atoms with van der Waals surface area (Å²) in [5, 5.41) is 1.23. The third-order valence-corrected chi connectivity index (χ3v) is 3.48. The number of benzene rings is 1. The van der Waals surface area contributed by atoms with Crippen LogP contribution in [0.4, 0.5) is 5.69 Å². The summed E-state index contributed by atoms with van der Waals surface area (Å²) in [5.74, 6) is 0. The molecule has 78 valence electrons. The molecule has 15 heavy (non-hydrogen) atoms. The molecule has 0 N–H and O–H groups in total. The van der Waals surface area contributed by atoms with E-state index in [9.17, 15) is 0 Å². The van der Waals surface area contributed by atoms with Crippen LogP contribution in [0.25, 0.3) is 10.1 Å². The summed E-state index contributed by atoms with van der Waals surface area (Å²) in [6.45, 7) is 3.65. The Balaban J connectivity index is 1.95. The molecule has 0 bridgehead atoms. The quantitative estimate of drug-likeness (QED) is 0.736. The van der Waals surface area contributed by atoms with E-state index in [2.05, 4.69) is 27.5 Å². The van der Waals surface area contributed by atoms with Gasteiger partial charge in [0.05, 0.1) is 17.9 Å². The maximum Gasteiger partial charge on any atom is 0.0642 e. The summed E-state index contributed by atoms with van der Waals surface area (Å²) < 4.78 is 10.8. The number of hydrogen-bond acceptors (Lipinski definition) is 4. The van der Waals surface area contributed by atoms with Gasteiger partial charge in [0, 0.05) is 30.4 Å². The molecule has 2 heterocycles. The fraction of sp³-hybridized carbons (Fsp3) is 0.364. The standard InChI is InChI=1S/C11H12N2OS/c1-2-10(13-3-5-14-6-4-13)7-11-9(1)8-12-15-11/h1-2,7-8H,3-6H2. The molecule has 3 nitrogen and oxygen atoms in total. The van der Waals surface area contributed by atoms with Gasteiger partial charge in [-0.3, -0.25) is 0 Å². The van der Waals surface area contributed by atoms with Crippen molar-refractivity contribution in [3.8, 4) is 0 Å². The molecule has 0 amide bonds. The van der Waals surface area contributed by atoms with Crippen molar-refractivity contribution in [3.05, 3.63) is 24.4 Å². The van der Waals surface area contributed by atoms with Gasteiger partial charge in [0.15, 0.2) is 0 Å². The molecule has 0 spiro atoms. The molecule has 1 aliphatic rings. The highest BCUT2D eigenvalue weighted by atomic mass is 32.1. The minimum absolute atomic E-state index is 0.834. The van der Waals surface area contributed by atoms with Gasteiger partial charge in [-0.25, -0.2) is 0 Å². The fourth-order valence-corrected chi connectivity index (χ4v) is 2.55. The maximum absolute atomic E-state index is 5.34. The number of aromatic nitrogens is 1. The van der Waals surface area contributed by atoms with Gasteiger partial charge in [0.2, 0.25) is 0 Å². The summed E-state index contributed by atoms with van der Waals surface area (Å²) in [6, 6.07) is 6.53. The normalized spacial score (nSPS) is 17.2. The molecule has 2 aromatic rings. The van der Waals surface area contributed by atoms with Gasteiger partial charge in [0.1, 0.15) is 0 Å². The highest BCUT2D eigenvalue weighted by Gasteiger charge is 2.11. The van der Waals surface area contributed by atoms with Crippen molar-refractivity contribution in [2.24, 2.45) is 0 Å². The Kier molecular flexibility index (Phi) is 2.31. The van der Waals surface area contributed by atoms with Gasteiger partial charge in [-0.2, -0.15) is 4.37 Å². The first-order chi connectivity index (χ1) is 7.43. The number of fused-ring (bicyclic) bond motifs is 1. The first-order valence-corrected chi connectivity index (χ1v) is 5.88. The second kappa shape index (κ2) is 3.79. The summed E-state index contributed by atoms with van der Waals surface area (Å²) in [6.07, 6.45) is 1.92. The molecule has 1 aliphatic heterocycles. The second-order valence-corrected chi connectivity index (χ2v) is 4.48. The zero-order valence-electron chi connectivity index (χ0n) is 8.35. The van der Waals surface area contributed by atoms with Crippen LogP contribution in [0.3, 0.4) is 0 Å². The smallest absolute Gasteiger partial charge is 0.0642 e. The predicted molar refractivity (Wildman–Crippen MR) is 62.7 cm³/mol. The van der Waals surface area contributed by atoms with E-state index >= 15 is 0 Å². The Labute approximate surface area is 92.4 Å². The van der Waals surface area contributed by atoms with Crippen molar-refractivity contribution >= 4 is 27.3 Å². The van der Waals surface area contributed by atoms with Crippen LogP contribution in [0, 0.1) is 0 Å². The largest absolute Gasteiger partial charge is 0.378 e. The lowest BCUT2D eigenvalue weighted by Gasteiger charge is -2.28. The number of morpholine rings is 1. The fourth-order valence-electron chi connectivity index (χ4n) is 1.87. The lowest BCUT2D eigenvalue weighted by atomic mass is 10.2. The monoisotopic (exact) mass is 220 g/mol. The summed E-state index contributed by atoms with van der Waals surface area (Å²) in [4.78, 5) is 2.36. The molecule has 4 heteroatoms. The molecule has 0 atom stereocenters. The van der Waals surface area contributed by atoms with Crippen LogP contribution in [-0.2, 0) is 4.74 Å². The second-order valence-electron chi connectivity index (χ2n) is 3.65. The van der Waals surface area contributed by atoms with E-state index in [1.54, 1.807) is 11.5 Å². The number of nitrogens with zero attached hydrogens (tertiary/aromatic N) is 2. The molecular weight excluding hydrogens is 208 g/mol. The van der Waals surface area contributed by atoms with E-state index in [0.29, 0.717) is 0 Å². The van der Waals surface area contributed by atoms with Crippen molar-refractivity contribution in [2.45, 2.75) is 0 Å². The van der Waals surface area contributed by atoms with Gasteiger partial charge >= 0.3 is 0 Å². The molecular formula is C11H12N2OS. The Hall–Kier alpha value is -1.13. The molecule has 3 rings (SSSR count). The van der Waals surface area contributed by atoms with E-state index in [1.807, 2.05) is 6.20 Å². The summed E-state index contributed by atoms with van der Waals surface area (Å²) in [7, 11) is 0. The minimum Gasteiger partial charge on any atom is -0.378 e. The molecule has 0 radical (unpaired) electrons. The van der Waals surface area contributed by atoms with Gasteiger partial charge in [-0.05, 0) is 29.7 Å². The van der Waals surface area contributed by atoms with Crippen molar-refractivity contribution in [2.75, 3.05) is 31.2 Å². The number of rotatable bonds is 1. The number of ether oxygens (including phenoxy) is 1. The molecule has 1 aromatic carbocycles. The van der Waals surface area contributed by atoms with E-state index < -0.39 is 0 Å². The van der Waals surface area contributed by atoms with Crippen LogP contribution in [0.15, 0.2) is 24.4 Å². The predicted octanol–water partition coefficient (Wildman–Crippen LogP) is 2.13. The Bertz CT molecular complexity index is 462. The van der Waals surface area contributed by atoms with Crippen molar-refractivity contribution in [1.82, 2.24) is 4.37 Å². The zero-order valence-corrected chi connectivity index (χ0v) is 9.17. The average Bonchev–Trinajstić information content (AvgIpc) is 2.77. The molecule has 0 aliphatic carbocycles. The van der Waals surface area contributed by atoms with Crippen LogP contribution in [0.1, 0.15) is 0 Å². The minimum atomic E-state index is 0.834. The van der Waals surface area contributed by atoms with E-state index in [0.717, 1.165) is 26.3 Å². The number of hydrogen-bond donors (Lipinski definition) is 0. The highest BCUT2D eigenvalue weighted by Crippen LogP contribution is 2.25. The maximum atomic E-state index is 5.34. The Morgan fingerprint density at radius 2 is 2.13 bits per heavy atom. The molecule has 1 fully saturated rings. The van der Waals surface area contributed by atoms with E-state index in [4.69, 9.17) is 4.74 Å². The van der Waals surface area contributed by atoms with Crippen LogP contribution < -0.4 is 4.90 Å².